The van der Waals surface area contributed by atoms with Crippen LogP contribution >= 0.6 is 0 Å². The molecule has 0 amide bonds. The topological polar surface area (TPSA) is 17.8 Å². The van der Waals surface area contributed by atoms with Crippen molar-refractivity contribution in [1.82, 2.24) is 9.55 Å². The number of aryl methyl sites for hydroxylation is 2. The Bertz CT molecular complexity index is 352. The summed E-state index contributed by atoms with van der Waals surface area (Å²) < 4.78 is 2.55. The van der Waals surface area contributed by atoms with Gasteiger partial charge in [0.1, 0.15) is 5.82 Å². The molecule has 0 aromatic carbocycles. The van der Waals surface area contributed by atoms with E-state index in [2.05, 4.69) is 18.4 Å². The van der Waals surface area contributed by atoms with E-state index in [9.17, 15) is 0 Å². The van der Waals surface area contributed by atoms with Crippen LogP contribution in [0.5, 0.6) is 0 Å². The molecule has 0 unspecified atom stereocenters. The molecule has 1 heterocycles. The van der Waals surface area contributed by atoms with Crippen LogP contribution in [0.2, 0.25) is 0 Å². The number of rotatable bonds is 6. The highest BCUT2D eigenvalue weighted by Gasteiger charge is 2.18. The van der Waals surface area contributed by atoms with Gasteiger partial charge in [-0.05, 0) is 38.5 Å². The number of nitrogens with zero attached hydrogens (tertiary/aromatic N) is 2. The fourth-order valence-electron chi connectivity index (χ4n) is 2.76. The molecule has 0 aliphatic heterocycles. The molecule has 1 aromatic rings. The Morgan fingerprint density at radius 1 is 1.06 bits per heavy atom. The third kappa shape index (κ3) is 2.91. The normalized spacial score (nSPS) is 14.9. The molecule has 2 nitrogen and oxygen atoms in total. The zero-order valence-electron chi connectivity index (χ0n) is 11.5. The molecule has 0 saturated heterocycles. The van der Waals surface area contributed by atoms with Crippen molar-refractivity contribution in [3.63, 3.8) is 0 Å². The van der Waals surface area contributed by atoms with Gasteiger partial charge < -0.3 is 4.57 Å². The van der Waals surface area contributed by atoms with Crippen molar-refractivity contribution < 1.29 is 0 Å². The number of hydrogen-bond acceptors (Lipinski definition) is 1. The van der Waals surface area contributed by atoms with Crippen LogP contribution in [0.25, 0.3) is 0 Å². The van der Waals surface area contributed by atoms with E-state index in [0.29, 0.717) is 0 Å². The maximum absolute atomic E-state index is 4.90. The fourth-order valence-corrected chi connectivity index (χ4v) is 2.76. The summed E-state index contributed by atoms with van der Waals surface area (Å²) >= 11 is 0. The lowest BCUT2D eigenvalue weighted by Crippen LogP contribution is -2.10. The minimum atomic E-state index is 1.17. The summed E-state index contributed by atoms with van der Waals surface area (Å²) in [7, 11) is 0. The summed E-state index contributed by atoms with van der Waals surface area (Å²) in [6, 6.07) is 0. The van der Waals surface area contributed by atoms with Crippen molar-refractivity contribution in [2.75, 3.05) is 0 Å². The molecule has 0 bridgehead atoms. The zero-order valence-corrected chi connectivity index (χ0v) is 11.5. The molecule has 0 atom stereocenters. The number of aromatic nitrogens is 2. The first-order valence-electron chi connectivity index (χ1n) is 7.44. The Kier molecular flexibility index (Phi) is 4.64. The van der Waals surface area contributed by atoms with Gasteiger partial charge in [0.2, 0.25) is 0 Å². The third-order valence-electron chi connectivity index (χ3n) is 3.80. The van der Waals surface area contributed by atoms with Crippen LogP contribution in [-0.4, -0.2) is 9.55 Å². The Hall–Kier alpha value is -0.790. The van der Waals surface area contributed by atoms with Gasteiger partial charge in [0.25, 0.3) is 0 Å². The van der Waals surface area contributed by atoms with E-state index < -0.39 is 0 Å². The fraction of sp³-hybridized carbons (Fsp3) is 0.800. The van der Waals surface area contributed by atoms with Crippen molar-refractivity contribution in [1.29, 1.82) is 0 Å². The molecule has 2 heteroatoms. The minimum Gasteiger partial charge on any atom is -0.332 e. The summed E-state index contributed by atoms with van der Waals surface area (Å²) in [6.45, 7) is 5.73. The summed E-state index contributed by atoms with van der Waals surface area (Å²) in [5.74, 6) is 1.37. The highest BCUT2D eigenvalue weighted by molar-refractivity contribution is 5.20. The predicted octanol–water partition coefficient (Wildman–Crippen LogP) is 3.90. The predicted molar refractivity (Wildman–Crippen MR) is 72.4 cm³/mol. The lowest BCUT2D eigenvalue weighted by Gasteiger charge is -2.15. The second-order valence-corrected chi connectivity index (χ2v) is 5.24. The third-order valence-corrected chi connectivity index (χ3v) is 3.80. The lowest BCUT2D eigenvalue weighted by atomic mass is 10.0. The summed E-state index contributed by atoms with van der Waals surface area (Å²) in [6.07, 6.45) is 11.5. The van der Waals surface area contributed by atoms with E-state index >= 15 is 0 Å². The van der Waals surface area contributed by atoms with E-state index in [1.807, 2.05) is 0 Å². The Morgan fingerprint density at radius 3 is 2.59 bits per heavy atom. The first-order chi connectivity index (χ1) is 8.36. The molecule has 2 rings (SSSR count). The standard InChI is InChI=1S/C15H26N2/c1-3-5-11-15-16-13-9-7-8-10-14(13)17(15)12-6-4-2/h3-12H2,1-2H3. The van der Waals surface area contributed by atoms with Crippen LogP contribution in [0.4, 0.5) is 0 Å². The Labute approximate surface area is 105 Å². The summed E-state index contributed by atoms with van der Waals surface area (Å²) in [5, 5.41) is 0. The Morgan fingerprint density at radius 2 is 1.82 bits per heavy atom. The van der Waals surface area contributed by atoms with E-state index in [1.165, 1.54) is 75.9 Å². The SMILES string of the molecule is CCCCc1nc2c(n1CCCC)CCCC2. The van der Waals surface area contributed by atoms with E-state index in [1.54, 1.807) is 5.69 Å². The monoisotopic (exact) mass is 234 g/mol. The average molecular weight is 234 g/mol. The number of hydrogen-bond donors (Lipinski definition) is 0. The molecule has 17 heavy (non-hydrogen) atoms. The van der Waals surface area contributed by atoms with E-state index in [0.717, 1.165) is 0 Å². The van der Waals surface area contributed by atoms with E-state index in [4.69, 9.17) is 4.98 Å². The van der Waals surface area contributed by atoms with Gasteiger partial charge in [-0.2, -0.15) is 0 Å². The maximum Gasteiger partial charge on any atom is 0.109 e. The molecule has 96 valence electrons. The maximum atomic E-state index is 4.90. The van der Waals surface area contributed by atoms with Gasteiger partial charge in [-0.25, -0.2) is 4.98 Å². The van der Waals surface area contributed by atoms with Crippen LogP contribution in [-0.2, 0) is 25.8 Å². The lowest BCUT2D eigenvalue weighted by molar-refractivity contribution is 0.554. The first kappa shape index (κ1) is 12.7. The van der Waals surface area contributed by atoms with Crippen molar-refractivity contribution in [3.8, 4) is 0 Å². The molecule has 0 saturated carbocycles. The second kappa shape index (κ2) is 6.23. The summed E-state index contributed by atoms with van der Waals surface area (Å²) in [4.78, 5) is 4.90. The van der Waals surface area contributed by atoms with Crippen molar-refractivity contribution in [2.45, 2.75) is 78.2 Å². The largest absolute Gasteiger partial charge is 0.332 e. The zero-order chi connectivity index (χ0) is 12.1. The van der Waals surface area contributed by atoms with Crippen molar-refractivity contribution >= 4 is 0 Å². The molecule has 1 aromatic heterocycles. The van der Waals surface area contributed by atoms with Gasteiger partial charge in [0.05, 0.1) is 5.69 Å². The molecule has 1 aliphatic rings. The van der Waals surface area contributed by atoms with Gasteiger partial charge in [-0.1, -0.05) is 26.7 Å². The summed E-state index contributed by atoms with van der Waals surface area (Å²) in [5.41, 5.74) is 2.98. The van der Waals surface area contributed by atoms with Gasteiger partial charge in [-0.3, -0.25) is 0 Å². The molecule has 0 radical (unpaired) electrons. The van der Waals surface area contributed by atoms with Crippen molar-refractivity contribution in [3.05, 3.63) is 17.2 Å². The van der Waals surface area contributed by atoms with Gasteiger partial charge in [-0.15, -0.1) is 0 Å². The minimum absolute atomic E-state index is 1.17. The molecule has 0 fully saturated rings. The first-order valence-corrected chi connectivity index (χ1v) is 7.44. The van der Waals surface area contributed by atoms with Gasteiger partial charge in [0, 0.05) is 18.7 Å². The Balaban J connectivity index is 2.19. The molecule has 0 spiro atoms. The number of unbranched alkanes of at least 4 members (excludes halogenated alkanes) is 2. The van der Waals surface area contributed by atoms with E-state index in [-0.39, 0.29) is 0 Å². The number of fused-ring (bicyclic) bond motifs is 1. The second-order valence-electron chi connectivity index (χ2n) is 5.24. The molecule has 0 N–H and O–H groups in total. The van der Waals surface area contributed by atoms with Gasteiger partial charge in [0.15, 0.2) is 0 Å². The molecule has 1 aliphatic carbocycles. The van der Waals surface area contributed by atoms with Crippen LogP contribution in [0.15, 0.2) is 0 Å². The highest BCUT2D eigenvalue weighted by atomic mass is 15.1. The van der Waals surface area contributed by atoms with Gasteiger partial charge >= 0.3 is 0 Å². The average Bonchev–Trinajstić information content (AvgIpc) is 2.71. The van der Waals surface area contributed by atoms with Crippen LogP contribution < -0.4 is 0 Å². The quantitative estimate of drug-likeness (QED) is 0.730. The molecular formula is C15H26N2. The number of imidazole rings is 1. The van der Waals surface area contributed by atoms with Crippen molar-refractivity contribution in [2.24, 2.45) is 0 Å². The van der Waals surface area contributed by atoms with Crippen LogP contribution in [0.1, 0.15) is 69.6 Å². The highest BCUT2D eigenvalue weighted by Crippen LogP contribution is 2.23. The van der Waals surface area contributed by atoms with Crippen LogP contribution in [0.3, 0.4) is 0 Å². The molecular weight excluding hydrogens is 208 g/mol. The smallest absolute Gasteiger partial charge is 0.109 e. The van der Waals surface area contributed by atoms with Crippen LogP contribution in [0, 0.1) is 0 Å².